The molecule has 0 heterocycles. The predicted molar refractivity (Wildman–Crippen MR) is 77.4 cm³/mol. The summed E-state index contributed by atoms with van der Waals surface area (Å²) in [5.41, 5.74) is 0.872. The molecule has 0 aliphatic carbocycles. The van der Waals surface area contributed by atoms with E-state index in [0.29, 0.717) is 6.54 Å². The highest BCUT2D eigenvalue weighted by atomic mass is 16.5. The molecular weight excluding hydrogens is 256 g/mol. The van der Waals surface area contributed by atoms with Gasteiger partial charge >= 0.3 is 5.97 Å². The maximum atomic E-state index is 11.9. The Hall–Kier alpha value is -1.88. The molecule has 1 amide bonds. The van der Waals surface area contributed by atoms with E-state index in [-0.39, 0.29) is 17.9 Å². The number of esters is 1. The number of amides is 1. The van der Waals surface area contributed by atoms with Gasteiger partial charge in [0.05, 0.1) is 19.1 Å². The lowest BCUT2D eigenvalue weighted by Gasteiger charge is -2.21. The number of hydrogen-bond acceptors (Lipinski definition) is 4. The number of ether oxygens (including phenoxy) is 1. The summed E-state index contributed by atoms with van der Waals surface area (Å²) < 4.78 is 4.83. The topological polar surface area (TPSA) is 58.6 Å². The van der Waals surface area contributed by atoms with Crippen LogP contribution in [0.4, 0.5) is 0 Å². The van der Waals surface area contributed by atoms with Crippen LogP contribution in [0.5, 0.6) is 0 Å². The molecule has 0 aliphatic heterocycles. The van der Waals surface area contributed by atoms with Crippen molar-refractivity contribution in [2.75, 3.05) is 27.7 Å². The third-order valence-electron chi connectivity index (χ3n) is 3.13. The van der Waals surface area contributed by atoms with Crippen molar-refractivity contribution in [2.24, 2.45) is 0 Å². The number of hydrogen-bond donors (Lipinski definition) is 1. The van der Waals surface area contributed by atoms with Gasteiger partial charge in [0.2, 0.25) is 5.91 Å². The molecule has 5 heteroatoms. The molecular formula is C15H22N2O3. The van der Waals surface area contributed by atoms with Crippen molar-refractivity contribution in [3.63, 3.8) is 0 Å². The Labute approximate surface area is 119 Å². The number of methoxy groups -OCH3 is 1. The van der Waals surface area contributed by atoms with Gasteiger partial charge in [-0.2, -0.15) is 0 Å². The zero-order valence-electron chi connectivity index (χ0n) is 12.4. The molecule has 0 radical (unpaired) electrons. The molecule has 1 rings (SSSR count). The third kappa shape index (κ3) is 4.35. The van der Waals surface area contributed by atoms with Gasteiger partial charge in [0.15, 0.2) is 0 Å². The molecule has 0 aliphatic rings. The molecule has 1 aromatic carbocycles. The van der Waals surface area contributed by atoms with Crippen LogP contribution in [0.1, 0.15) is 18.4 Å². The molecule has 110 valence electrons. The van der Waals surface area contributed by atoms with Gasteiger partial charge in [0.1, 0.15) is 0 Å². The molecule has 0 spiro atoms. The van der Waals surface area contributed by atoms with Gasteiger partial charge in [-0.25, -0.2) is 0 Å². The zero-order chi connectivity index (χ0) is 15.1. The van der Waals surface area contributed by atoms with Crippen LogP contribution in [0, 0.1) is 0 Å². The Balaban J connectivity index is 2.73. The average molecular weight is 278 g/mol. The molecule has 1 aromatic rings. The minimum Gasteiger partial charge on any atom is -0.469 e. The molecule has 0 saturated carbocycles. The second-order valence-corrected chi connectivity index (χ2v) is 4.85. The maximum Gasteiger partial charge on any atom is 0.314 e. The van der Waals surface area contributed by atoms with Gasteiger partial charge in [0.25, 0.3) is 0 Å². The quantitative estimate of drug-likeness (QED) is 0.789. The van der Waals surface area contributed by atoms with Crippen LogP contribution in [0.15, 0.2) is 30.3 Å². The van der Waals surface area contributed by atoms with Crippen molar-refractivity contribution in [3.8, 4) is 0 Å². The molecule has 0 fully saturated rings. The summed E-state index contributed by atoms with van der Waals surface area (Å²) in [6, 6.07) is 9.05. The lowest BCUT2D eigenvalue weighted by atomic mass is 9.99. The monoisotopic (exact) mass is 278 g/mol. The summed E-state index contributed by atoms with van der Waals surface area (Å²) in [6.45, 7) is 2.14. The summed E-state index contributed by atoms with van der Waals surface area (Å²) in [4.78, 5) is 25.2. The van der Waals surface area contributed by atoms with Crippen LogP contribution in [0.2, 0.25) is 0 Å². The Morgan fingerprint density at radius 2 is 1.85 bits per heavy atom. The first-order valence-corrected chi connectivity index (χ1v) is 6.54. The number of nitrogens with one attached hydrogen (secondary N) is 1. The van der Waals surface area contributed by atoms with E-state index in [4.69, 9.17) is 4.74 Å². The SMILES string of the molecule is COC(=O)C(CNC(C)C(=O)N(C)C)c1ccccc1. The van der Waals surface area contributed by atoms with Crippen LogP contribution in [-0.4, -0.2) is 50.6 Å². The number of likely N-dealkylation sites (N-methyl/N-ethyl adjacent to an activating group) is 1. The van der Waals surface area contributed by atoms with E-state index in [1.165, 1.54) is 12.0 Å². The summed E-state index contributed by atoms with van der Waals surface area (Å²) in [7, 11) is 4.78. The van der Waals surface area contributed by atoms with Crippen LogP contribution >= 0.6 is 0 Å². The third-order valence-corrected chi connectivity index (χ3v) is 3.13. The first-order valence-electron chi connectivity index (χ1n) is 6.54. The molecule has 5 nitrogen and oxygen atoms in total. The molecule has 20 heavy (non-hydrogen) atoms. The van der Waals surface area contributed by atoms with E-state index in [9.17, 15) is 9.59 Å². The normalized spacial score (nSPS) is 13.4. The first kappa shape index (κ1) is 16.2. The zero-order valence-corrected chi connectivity index (χ0v) is 12.4. The van der Waals surface area contributed by atoms with Crippen molar-refractivity contribution in [1.29, 1.82) is 0 Å². The van der Waals surface area contributed by atoms with E-state index in [0.717, 1.165) is 5.56 Å². The Bertz CT molecular complexity index is 446. The summed E-state index contributed by atoms with van der Waals surface area (Å²) in [5.74, 6) is -0.756. The van der Waals surface area contributed by atoms with Gasteiger partial charge in [-0.1, -0.05) is 30.3 Å². The van der Waals surface area contributed by atoms with Crippen LogP contribution in [0.25, 0.3) is 0 Å². The van der Waals surface area contributed by atoms with Crippen molar-refractivity contribution in [3.05, 3.63) is 35.9 Å². The molecule has 1 N–H and O–H groups in total. The molecule has 0 bridgehead atoms. The van der Waals surface area contributed by atoms with E-state index in [2.05, 4.69) is 5.32 Å². The second kappa shape index (κ2) is 7.65. The molecule has 0 saturated heterocycles. The summed E-state index contributed by atoms with van der Waals surface area (Å²) >= 11 is 0. The van der Waals surface area contributed by atoms with E-state index >= 15 is 0 Å². The van der Waals surface area contributed by atoms with Crippen LogP contribution < -0.4 is 5.32 Å². The van der Waals surface area contributed by atoms with Crippen molar-refractivity contribution < 1.29 is 14.3 Å². The fourth-order valence-corrected chi connectivity index (χ4v) is 1.93. The summed E-state index contributed by atoms with van der Waals surface area (Å²) in [5, 5.41) is 3.09. The molecule has 2 unspecified atom stereocenters. The highest BCUT2D eigenvalue weighted by Crippen LogP contribution is 2.16. The van der Waals surface area contributed by atoms with Crippen LogP contribution in [0.3, 0.4) is 0 Å². The summed E-state index contributed by atoms with van der Waals surface area (Å²) in [6.07, 6.45) is 0. The van der Waals surface area contributed by atoms with Crippen molar-refractivity contribution in [2.45, 2.75) is 18.9 Å². The van der Waals surface area contributed by atoms with E-state index < -0.39 is 5.92 Å². The lowest BCUT2D eigenvalue weighted by molar-refractivity contribution is -0.142. The minimum atomic E-state index is -0.418. The van der Waals surface area contributed by atoms with Gasteiger partial charge in [0, 0.05) is 20.6 Å². The molecule has 0 aromatic heterocycles. The largest absolute Gasteiger partial charge is 0.469 e. The highest BCUT2D eigenvalue weighted by Gasteiger charge is 2.23. The lowest BCUT2D eigenvalue weighted by Crippen LogP contribution is -2.43. The van der Waals surface area contributed by atoms with Crippen molar-refractivity contribution in [1.82, 2.24) is 10.2 Å². The van der Waals surface area contributed by atoms with Gasteiger partial charge < -0.3 is 15.0 Å². The Morgan fingerprint density at radius 3 is 2.35 bits per heavy atom. The van der Waals surface area contributed by atoms with Crippen molar-refractivity contribution >= 4 is 11.9 Å². The number of rotatable bonds is 6. The van der Waals surface area contributed by atoms with Gasteiger partial charge in [-0.15, -0.1) is 0 Å². The predicted octanol–water partition coefficient (Wildman–Crippen LogP) is 1.01. The minimum absolute atomic E-state index is 0.0262. The number of benzene rings is 1. The molecule has 2 atom stereocenters. The first-order chi connectivity index (χ1) is 9.47. The number of carbonyl (C=O) groups excluding carboxylic acids is 2. The van der Waals surface area contributed by atoms with Crippen LogP contribution in [-0.2, 0) is 14.3 Å². The Morgan fingerprint density at radius 1 is 1.25 bits per heavy atom. The van der Waals surface area contributed by atoms with Gasteiger partial charge in [-0.05, 0) is 12.5 Å². The fourth-order valence-electron chi connectivity index (χ4n) is 1.93. The Kier molecular flexibility index (Phi) is 6.18. The van der Waals surface area contributed by atoms with Gasteiger partial charge in [-0.3, -0.25) is 9.59 Å². The highest BCUT2D eigenvalue weighted by molar-refractivity contribution is 5.81. The van der Waals surface area contributed by atoms with E-state index in [1.807, 2.05) is 30.3 Å². The maximum absolute atomic E-state index is 11.9. The fraction of sp³-hybridized carbons (Fsp3) is 0.467. The van der Waals surface area contributed by atoms with E-state index in [1.54, 1.807) is 21.0 Å². The average Bonchev–Trinajstić information content (AvgIpc) is 2.46. The standard InChI is InChI=1S/C15H22N2O3/c1-11(14(18)17(2)3)16-10-13(15(19)20-4)12-8-6-5-7-9-12/h5-9,11,13,16H,10H2,1-4H3. The number of nitrogens with zero attached hydrogens (tertiary/aromatic N) is 1. The smallest absolute Gasteiger partial charge is 0.314 e. The number of carbonyl (C=O) groups is 2. The second-order valence-electron chi connectivity index (χ2n) is 4.85.